The Kier molecular flexibility index (Phi) is 15.6. The second kappa shape index (κ2) is 15.9. The van der Waals surface area contributed by atoms with Gasteiger partial charge in [0.15, 0.2) is 0 Å². The maximum Gasteiger partial charge on any atom is 0.0611 e. The number of nitrogens with one attached hydrogen (secondary N) is 1. The molecule has 6 atom stereocenters. The molecule has 224 valence electrons. The minimum absolute atomic E-state index is 0. The van der Waals surface area contributed by atoms with Crippen LogP contribution in [0.3, 0.4) is 0 Å². The van der Waals surface area contributed by atoms with Crippen LogP contribution in [0, 0.1) is 29.1 Å². The summed E-state index contributed by atoms with van der Waals surface area (Å²) in [5, 5.41) is 14.9. The number of likely N-dealkylation sites (tertiary alicyclic amines) is 1. The monoisotopic (exact) mass is 558 g/mol. The Morgan fingerprint density at radius 2 is 1.82 bits per heavy atom. The summed E-state index contributed by atoms with van der Waals surface area (Å²) in [7, 11) is 0. The molecule has 0 amide bonds. The molecular weight excluding hydrogens is 500 g/mol. The molecule has 0 aromatic rings. The molecule has 38 heavy (non-hydrogen) atoms. The molecule has 0 aromatic heterocycles. The van der Waals surface area contributed by atoms with E-state index in [0.717, 1.165) is 45.2 Å². The smallest absolute Gasteiger partial charge is 0.0611 e. The van der Waals surface area contributed by atoms with Crippen LogP contribution >= 0.6 is 11.6 Å². The molecule has 1 saturated carbocycles. The summed E-state index contributed by atoms with van der Waals surface area (Å²) < 4.78 is 0. The summed E-state index contributed by atoms with van der Waals surface area (Å²) in [5.74, 6) is 2.25. The highest BCUT2D eigenvalue weighted by Gasteiger charge is 2.39. The topological polar surface area (TPSA) is 130 Å². The SMILES string of the molecule is C.CC1CC2=CC=C(CN[C@@H](CN3CCC(C4=CCC(Cl)CC4)C(C)(C)C3)C(C)C)CC2C(O)C1.O.O.O. The zero-order valence-electron chi connectivity index (χ0n) is 23.8. The predicted molar refractivity (Wildman–Crippen MR) is 163 cm³/mol. The van der Waals surface area contributed by atoms with Gasteiger partial charge in [-0.15, -0.1) is 11.6 Å². The van der Waals surface area contributed by atoms with Crippen LogP contribution in [0.25, 0.3) is 0 Å². The van der Waals surface area contributed by atoms with Gasteiger partial charge in [0.05, 0.1) is 6.10 Å². The van der Waals surface area contributed by atoms with Crippen LogP contribution in [0.5, 0.6) is 0 Å². The molecule has 1 heterocycles. The molecule has 5 unspecified atom stereocenters. The lowest BCUT2D eigenvalue weighted by atomic mass is 9.68. The zero-order chi connectivity index (χ0) is 24.5. The Balaban J connectivity index is 0.00000342. The lowest BCUT2D eigenvalue weighted by Crippen LogP contribution is -2.52. The minimum atomic E-state index is -0.169. The van der Waals surface area contributed by atoms with Gasteiger partial charge in [0, 0.05) is 37.0 Å². The summed E-state index contributed by atoms with van der Waals surface area (Å²) in [6.45, 7) is 16.3. The van der Waals surface area contributed by atoms with Crippen LogP contribution < -0.4 is 5.32 Å². The van der Waals surface area contributed by atoms with Crippen molar-refractivity contribution in [3.05, 3.63) is 34.9 Å². The van der Waals surface area contributed by atoms with E-state index in [1.807, 2.05) is 0 Å². The third kappa shape index (κ3) is 9.15. The maximum absolute atomic E-state index is 10.6. The average molecular weight is 559 g/mol. The number of halogens is 1. The van der Waals surface area contributed by atoms with Gasteiger partial charge >= 0.3 is 0 Å². The summed E-state index contributed by atoms with van der Waals surface area (Å²) in [6, 6.07) is 0.487. The quantitative estimate of drug-likeness (QED) is 0.352. The molecule has 3 aliphatic carbocycles. The van der Waals surface area contributed by atoms with Crippen molar-refractivity contribution in [3.63, 3.8) is 0 Å². The highest BCUT2D eigenvalue weighted by atomic mass is 35.5. The molecule has 0 aromatic carbocycles. The van der Waals surface area contributed by atoms with Gasteiger partial charge in [0.25, 0.3) is 0 Å². The van der Waals surface area contributed by atoms with Gasteiger partial charge < -0.3 is 31.8 Å². The molecule has 8 N–H and O–H groups in total. The number of alkyl halides is 1. The Hall–Kier alpha value is -0.730. The van der Waals surface area contributed by atoms with Crippen molar-refractivity contribution < 1.29 is 21.5 Å². The van der Waals surface area contributed by atoms with Crippen molar-refractivity contribution in [2.75, 3.05) is 26.2 Å². The number of rotatable bonds is 7. The summed E-state index contributed by atoms with van der Waals surface area (Å²) >= 11 is 6.36. The molecule has 6 nitrogen and oxygen atoms in total. The molecule has 4 rings (SSSR count). The highest BCUT2D eigenvalue weighted by molar-refractivity contribution is 6.20. The minimum Gasteiger partial charge on any atom is -0.412 e. The molecule has 1 saturated heterocycles. The summed E-state index contributed by atoms with van der Waals surface area (Å²) in [4.78, 5) is 2.71. The third-order valence-electron chi connectivity index (χ3n) is 9.17. The fourth-order valence-electron chi connectivity index (χ4n) is 7.13. The van der Waals surface area contributed by atoms with Crippen molar-refractivity contribution >= 4 is 11.6 Å². The van der Waals surface area contributed by atoms with Gasteiger partial charge in [-0.25, -0.2) is 0 Å². The number of hydrogen-bond acceptors (Lipinski definition) is 3. The van der Waals surface area contributed by atoms with E-state index < -0.39 is 0 Å². The van der Waals surface area contributed by atoms with Crippen molar-refractivity contribution in [3.8, 4) is 0 Å². The lowest BCUT2D eigenvalue weighted by Gasteiger charge is -2.47. The van der Waals surface area contributed by atoms with E-state index in [-0.39, 0.29) is 30.0 Å². The van der Waals surface area contributed by atoms with Gasteiger partial charge in [0.2, 0.25) is 0 Å². The second-order valence-electron chi connectivity index (χ2n) is 12.9. The maximum atomic E-state index is 10.6. The van der Waals surface area contributed by atoms with E-state index in [4.69, 9.17) is 11.6 Å². The number of aliphatic hydroxyl groups excluding tert-OH is 1. The van der Waals surface area contributed by atoms with Gasteiger partial charge in [-0.05, 0) is 74.7 Å². The number of aliphatic hydroxyl groups is 1. The first-order valence-corrected chi connectivity index (χ1v) is 14.4. The number of hydrogen-bond donors (Lipinski definition) is 2. The van der Waals surface area contributed by atoms with Crippen LogP contribution in [-0.4, -0.2) is 70.1 Å². The summed E-state index contributed by atoms with van der Waals surface area (Å²) in [5.41, 5.74) is 4.91. The summed E-state index contributed by atoms with van der Waals surface area (Å²) in [6.07, 6.45) is 14.7. The van der Waals surface area contributed by atoms with Crippen LogP contribution in [0.4, 0.5) is 0 Å². The van der Waals surface area contributed by atoms with E-state index >= 15 is 0 Å². The van der Waals surface area contributed by atoms with Gasteiger partial charge in [0.1, 0.15) is 0 Å². The second-order valence-corrected chi connectivity index (χ2v) is 13.6. The molecule has 7 heteroatoms. The Morgan fingerprint density at radius 3 is 2.42 bits per heavy atom. The van der Waals surface area contributed by atoms with Gasteiger partial charge in [-0.1, -0.05) is 77.0 Å². The zero-order valence-corrected chi connectivity index (χ0v) is 24.6. The van der Waals surface area contributed by atoms with Crippen LogP contribution in [-0.2, 0) is 0 Å². The fraction of sp³-hybridized carbons (Fsp3) is 0.806. The molecule has 0 radical (unpaired) electrons. The largest absolute Gasteiger partial charge is 0.412 e. The van der Waals surface area contributed by atoms with E-state index in [9.17, 15) is 5.11 Å². The highest BCUT2D eigenvalue weighted by Crippen LogP contribution is 2.43. The van der Waals surface area contributed by atoms with E-state index in [1.165, 1.54) is 37.1 Å². The molecule has 1 aliphatic heterocycles. The number of fused-ring (bicyclic) bond motifs is 1. The van der Waals surface area contributed by atoms with Gasteiger partial charge in [-0.2, -0.15) is 0 Å². The number of allylic oxidation sites excluding steroid dienone is 4. The van der Waals surface area contributed by atoms with Crippen molar-refractivity contribution in [1.82, 2.24) is 10.2 Å². The average Bonchev–Trinajstić information content (AvgIpc) is 2.77. The molecular formula is C31H59ClN2O4. The fourth-order valence-corrected chi connectivity index (χ4v) is 7.33. The van der Waals surface area contributed by atoms with E-state index in [2.05, 4.69) is 63.1 Å². The first kappa shape index (κ1) is 37.3. The van der Waals surface area contributed by atoms with Crippen LogP contribution in [0.15, 0.2) is 34.9 Å². The molecule has 2 fully saturated rings. The Morgan fingerprint density at radius 1 is 1.11 bits per heavy atom. The lowest BCUT2D eigenvalue weighted by molar-refractivity contribution is 0.0599. The Bertz CT molecular complexity index is 810. The molecule has 0 bridgehead atoms. The normalized spacial score (nSPS) is 31.6. The van der Waals surface area contributed by atoms with Crippen LogP contribution in [0.2, 0.25) is 0 Å². The van der Waals surface area contributed by atoms with Gasteiger partial charge in [-0.3, -0.25) is 0 Å². The third-order valence-corrected chi connectivity index (χ3v) is 9.57. The first-order chi connectivity index (χ1) is 16.1. The van der Waals surface area contributed by atoms with E-state index in [1.54, 1.807) is 5.57 Å². The van der Waals surface area contributed by atoms with Crippen molar-refractivity contribution in [2.24, 2.45) is 29.1 Å². The molecule has 4 aliphatic rings. The standard InChI is InChI=1S/C30H49ClN2O.CH4.3H2O/c1-20(2)28(32-17-22-6-7-24-14-21(3)15-29(34)26(24)16-22)18-33-13-12-27(30(4,5)19-33)23-8-10-25(31)11-9-23;;;;/h6-8,20-21,25-29,32,34H,9-19H2,1-5H3;1H4;3*1H2/t21?,25?,26?,27?,28-,29?;;;;/m0..../s1. The first-order valence-electron chi connectivity index (χ1n) is 14.0. The van der Waals surface area contributed by atoms with Crippen molar-refractivity contribution in [2.45, 2.75) is 105 Å². The Labute approximate surface area is 237 Å². The van der Waals surface area contributed by atoms with Crippen molar-refractivity contribution in [1.29, 1.82) is 0 Å². The predicted octanol–water partition coefficient (Wildman–Crippen LogP) is 4.49. The molecule has 0 spiro atoms. The van der Waals surface area contributed by atoms with E-state index in [0.29, 0.717) is 40.5 Å². The van der Waals surface area contributed by atoms with Crippen LogP contribution in [0.1, 0.15) is 87.0 Å². The number of nitrogens with zero attached hydrogens (tertiary/aromatic N) is 1. The number of piperidine rings is 1.